The number of piperidine rings is 1. The van der Waals surface area contributed by atoms with E-state index in [1.807, 2.05) is 42.5 Å². The van der Waals surface area contributed by atoms with Gasteiger partial charge in [-0.05, 0) is 46.1 Å². The Bertz CT molecular complexity index is 1070. The highest BCUT2D eigenvalue weighted by Gasteiger charge is 2.29. The van der Waals surface area contributed by atoms with Gasteiger partial charge in [0.1, 0.15) is 5.82 Å². The Morgan fingerprint density at radius 3 is 2.70 bits per heavy atom. The maximum absolute atomic E-state index is 13.0. The Morgan fingerprint density at radius 2 is 1.97 bits per heavy atom. The molecule has 0 spiro atoms. The Morgan fingerprint density at radius 1 is 1.10 bits per heavy atom. The van der Waals surface area contributed by atoms with E-state index in [1.165, 1.54) is 0 Å². The predicted octanol–water partition coefficient (Wildman–Crippen LogP) is 4.83. The van der Waals surface area contributed by atoms with Crippen molar-refractivity contribution < 1.29 is 4.79 Å². The van der Waals surface area contributed by atoms with Gasteiger partial charge in [-0.25, -0.2) is 19.9 Å². The van der Waals surface area contributed by atoms with E-state index in [1.54, 1.807) is 34.8 Å². The van der Waals surface area contributed by atoms with E-state index >= 15 is 0 Å². The summed E-state index contributed by atoms with van der Waals surface area (Å²) in [7, 11) is 0. The van der Waals surface area contributed by atoms with E-state index in [4.69, 9.17) is 4.98 Å². The summed E-state index contributed by atoms with van der Waals surface area (Å²) >= 11 is 3.12. The maximum atomic E-state index is 13.0. The molecular formula is C21H24N6OS2. The Labute approximate surface area is 183 Å². The predicted molar refractivity (Wildman–Crippen MR) is 121 cm³/mol. The minimum atomic E-state index is -0.133. The average molecular weight is 441 g/mol. The molecule has 1 aliphatic heterocycles. The third-order valence-corrected chi connectivity index (χ3v) is 6.51. The number of nitrogens with one attached hydrogen (secondary N) is 1. The number of amides is 1. The number of aryl methyl sites for hydroxylation is 3. The van der Waals surface area contributed by atoms with Crippen LogP contribution in [0.15, 0.2) is 22.9 Å². The van der Waals surface area contributed by atoms with Crippen LogP contribution in [0.5, 0.6) is 0 Å². The fourth-order valence-corrected chi connectivity index (χ4v) is 4.77. The largest absolute Gasteiger partial charge is 0.329 e. The summed E-state index contributed by atoms with van der Waals surface area (Å²) in [6, 6.07) is 1.77. The molecule has 30 heavy (non-hydrogen) atoms. The van der Waals surface area contributed by atoms with Gasteiger partial charge in [0.25, 0.3) is 0 Å². The minimum Gasteiger partial charge on any atom is -0.329 e. The number of thiazole rings is 2. The molecule has 0 radical (unpaired) electrons. The normalized spacial score (nSPS) is 16.9. The molecule has 1 amide bonds. The third kappa shape index (κ3) is 4.91. The second-order valence-electron chi connectivity index (χ2n) is 7.34. The van der Waals surface area contributed by atoms with Gasteiger partial charge >= 0.3 is 0 Å². The quantitative estimate of drug-likeness (QED) is 0.572. The van der Waals surface area contributed by atoms with Crippen molar-refractivity contribution in [1.29, 1.82) is 0 Å². The fourth-order valence-electron chi connectivity index (χ4n) is 3.50. The standard InChI is InChI=1S/C21H24N6OS2/c1-13-10-18(26-21-23-14(2)11-30-21)25-20(22-13)17-6-4-5-9-27(17)19(28)8-7-16-12-29-15(3)24-16/h7-8,10-12,17H,4-6,9H2,1-3H3,(H,22,23,25,26). The third-order valence-electron chi connectivity index (χ3n) is 4.84. The highest BCUT2D eigenvalue weighted by molar-refractivity contribution is 7.13. The monoisotopic (exact) mass is 440 g/mol. The zero-order valence-electron chi connectivity index (χ0n) is 17.3. The Kier molecular flexibility index (Phi) is 6.19. The molecule has 1 unspecified atom stereocenters. The first-order valence-corrected chi connectivity index (χ1v) is 11.7. The van der Waals surface area contributed by atoms with E-state index in [0.29, 0.717) is 18.2 Å². The van der Waals surface area contributed by atoms with Crippen LogP contribution in [-0.2, 0) is 4.79 Å². The lowest BCUT2D eigenvalue weighted by molar-refractivity contribution is -0.129. The van der Waals surface area contributed by atoms with Crippen LogP contribution in [0.3, 0.4) is 0 Å². The van der Waals surface area contributed by atoms with E-state index in [2.05, 4.69) is 20.3 Å². The van der Waals surface area contributed by atoms with Crippen molar-refractivity contribution in [2.45, 2.75) is 46.1 Å². The number of carbonyl (C=O) groups is 1. The van der Waals surface area contributed by atoms with Crippen molar-refractivity contribution >= 4 is 45.6 Å². The van der Waals surface area contributed by atoms with Crippen LogP contribution in [0.1, 0.15) is 53.2 Å². The van der Waals surface area contributed by atoms with Gasteiger partial charge in [0.2, 0.25) is 5.91 Å². The summed E-state index contributed by atoms with van der Waals surface area (Å²) in [5.41, 5.74) is 2.65. The molecule has 7 nitrogen and oxygen atoms in total. The number of hydrogen-bond acceptors (Lipinski definition) is 8. The summed E-state index contributed by atoms with van der Waals surface area (Å²) < 4.78 is 0. The molecule has 1 N–H and O–H groups in total. The molecule has 0 aromatic carbocycles. The Hall–Kier alpha value is -2.65. The topological polar surface area (TPSA) is 83.9 Å². The number of rotatable bonds is 5. The lowest BCUT2D eigenvalue weighted by Gasteiger charge is -2.34. The smallest absolute Gasteiger partial charge is 0.247 e. The highest BCUT2D eigenvalue weighted by atomic mass is 32.1. The van der Waals surface area contributed by atoms with Crippen molar-refractivity contribution in [3.05, 3.63) is 50.8 Å². The van der Waals surface area contributed by atoms with Crippen molar-refractivity contribution in [3.8, 4) is 0 Å². The number of likely N-dealkylation sites (tertiary alicyclic amines) is 1. The lowest BCUT2D eigenvalue weighted by atomic mass is 10.0. The first-order valence-electron chi connectivity index (χ1n) is 9.93. The molecule has 9 heteroatoms. The molecule has 1 atom stereocenters. The van der Waals surface area contributed by atoms with Gasteiger partial charge < -0.3 is 10.2 Å². The maximum Gasteiger partial charge on any atom is 0.247 e. The SMILES string of the molecule is Cc1cc(Nc2nc(C)cs2)nc(C2CCCCN2C(=O)C=Cc2csc(C)n2)n1. The molecule has 0 saturated carbocycles. The first-order chi connectivity index (χ1) is 14.5. The number of carbonyl (C=O) groups excluding carboxylic acids is 1. The van der Waals surface area contributed by atoms with E-state index in [0.717, 1.165) is 46.5 Å². The van der Waals surface area contributed by atoms with Crippen molar-refractivity contribution in [1.82, 2.24) is 24.8 Å². The molecule has 4 heterocycles. The van der Waals surface area contributed by atoms with Gasteiger partial charge in [0, 0.05) is 35.1 Å². The van der Waals surface area contributed by atoms with Crippen LogP contribution < -0.4 is 5.32 Å². The highest BCUT2D eigenvalue weighted by Crippen LogP contribution is 2.31. The summed E-state index contributed by atoms with van der Waals surface area (Å²) in [4.78, 5) is 33.1. The molecule has 3 aromatic heterocycles. The number of anilines is 2. The van der Waals surface area contributed by atoms with E-state index in [9.17, 15) is 4.79 Å². The second-order valence-corrected chi connectivity index (χ2v) is 9.26. The average Bonchev–Trinajstić information content (AvgIpc) is 3.33. The van der Waals surface area contributed by atoms with Crippen LogP contribution in [0.4, 0.5) is 10.9 Å². The van der Waals surface area contributed by atoms with Gasteiger partial charge in [-0.15, -0.1) is 22.7 Å². The van der Waals surface area contributed by atoms with Crippen LogP contribution in [0, 0.1) is 20.8 Å². The summed E-state index contributed by atoms with van der Waals surface area (Å²) in [6.45, 7) is 6.57. The molecule has 1 saturated heterocycles. The van der Waals surface area contributed by atoms with E-state index in [-0.39, 0.29) is 11.9 Å². The van der Waals surface area contributed by atoms with Crippen LogP contribution >= 0.6 is 22.7 Å². The summed E-state index contributed by atoms with van der Waals surface area (Å²) in [6.07, 6.45) is 6.29. The van der Waals surface area contributed by atoms with Crippen LogP contribution in [0.25, 0.3) is 6.08 Å². The number of hydrogen-bond donors (Lipinski definition) is 1. The Balaban J connectivity index is 1.55. The molecule has 0 aliphatic carbocycles. The number of nitrogens with zero attached hydrogens (tertiary/aromatic N) is 5. The van der Waals surface area contributed by atoms with Crippen molar-refractivity contribution in [3.63, 3.8) is 0 Å². The van der Waals surface area contributed by atoms with Gasteiger partial charge in [-0.1, -0.05) is 0 Å². The van der Waals surface area contributed by atoms with Crippen molar-refractivity contribution in [2.75, 3.05) is 11.9 Å². The first kappa shape index (κ1) is 20.6. The van der Waals surface area contributed by atoms with Crippen molar-refractivity contribution in [2.24, 2.45) is 0 Å². The van der Waals surface area contributed by atoms with Gasteiger partial charge in [0.05, 0.1) is 22.4 Å². The lowest BCUT2D eigenvalue weighted by Crippen LogP contribution is -2.38. The van der Waals surface area contributed by atoms with Gasteiger partial charge in [0.15, 0.2) is 11.0 Å². The minimum absolute atomic E-state index is 0.0273. The molecule has 156 valence electrons. The van der Waals surface area contributed by atoms with Crippen LogP contribution in [-0.4, -0.2) is 37.3 Å². The van der Waals surface area contributed by atoms with E-state index < -0.39 is 0 Å². The molecule has 3 aromatic rings. The van der Waals surface area contributed by atoms with Gasteiger partial charge in [-0.2, -0.15) is 0 Å². The summed E-state index contributed by atoms with van der Waals surface area (Å²) in [5.74, 6) is 1.36. The molecular weight excluding hydrogens is 416 g/mol. The molecule has 4 rings (SSSR count). The van der Waals surface area contributed by atoms with Crippen LogP contribution in [0.2, 0.25) is 0 Å². The second kappa shape index (κ2) is 9.01. The zero-order valence-corrected chi connectivity index (χ0v) is 18.9. The zero-order chi connectivity index (χ0) is 21.1. The number of aromatic nitrogens is 4. The summed E-state index contributed by atoms with van der Waals surface area (Å²) in [5, 5.41) is 9.01. The van der Waals surface area contributed by atoms with Gasteiger partial charge in [-0.3, -0.25) is 4.79 Å². The molecule has 1 aliphatic rings. The fraction of sp³-hybridized carbons (Fsp3) is 0.381. The molecule has 1 fully saturated rings. The molecule has 0 bridgehead atoms.